The minimum absolute atomic E-state index is 0.0371. The summed E-state index contributed by atoms with van der Waals surface area (Å²) in [6, 6.07) is 5.23. The molecule has 1 aromatic carbocycles. The summed E-state index contributed by atoms with van der Waals surface area (Å²) >= 11 is 1.68. The summed E-state index contributed by atoms with van der Waals surface area (Å²) in [6.07, 6.45) is 1.27. The lowest BCUT2D eigenvalue weighted by Crippen LogP contribution is -2.49. The number of carbonyl (C=O) groups excluding carboxylic acids is 2. The zero-order valence-corrected chi connectivity index (χ0v) is 14.7. The molecule has 1 aromatic rings. The lowest BCUT2D eigenvalue weighted by Gasteiger charge is -2.28. The molecule has 0 spiro atoms. The minimum Gasteiger partial charge on any atom is -0.454 e. The number of benzene rings is 1. The van der Waals surface area contributed by atoms with Gasteiger partial charge in [0.2, 0.25) is 18.6 Å². The van der Waals surface area contributed by atoms with Gasteiger partial charge in [0.15, 0.2) is 11.5 Å². The van der Waals surface area contributed by atoms with Gasteiger partial charge in [0.1, 0.15) is 6.04 Å². The van der Waals surface area contributed by atoms with Gasteiger partial charge in [-0.05, 0) is 24.1 Å². The van der Waals surface area contributed by atoms with E-state index in [0.29, 0.717) is 24.5 Å². The van der Waals surface area contributed by atoms with Crippen LogP contribution in [0.2, 0.25) is 0 Å². The largest absolute Gasteiger partial charge is 0.454 e. The van der Waals surface area contributed by atoms with Crippen molar-refractivity contribution in [1.29, 1.82) is 0 Å². The Bertz CT molecular complexity index is 637. The van der Waals surface area contributed by atoms with E-state index in [9.17, 15) is 9.59 Å². The number of nitrogens with one attached hydrogen (secondary N) is 1. The highest BCUT2D eigenvalue weighted by Crippen LogP contribution is 2.33. The molecule has 2 unspecified atom stereocenters. The lowest BCUT2D eigenvalue weighted by atomic mass is 10.2. The van der Waals surface area contributed by atoms with Crippen LogP contribution in [0.4, 0.5) is 0 Å². The van der Waals surface area contributed by atoms with E-state index in [-0.39, 0.29) is 30.0 Å². The van der Waals surface area contributed by atoms with Crippen LogP contribution in [-0.2, 0) is 16.1 Å². The summed E-state index contributed by atoms with van der Waals surface area (Å²) in [5.74, 6) is 2.01. The smallest absolute Gasteiger partial charge is 0.243 e. The van der Waals surface area contributed by atoms with Gasteiger partial charge in [0.05, 0.1) is 5.37 Å². The van der Waals surface area contributed by atoms with Crippen LogP contribution < -0.4 is 14.8 Å². The third-order valence-corrected chi connectivity index (χ3v) is 5.69. The first-order valence-corrected chi connectivity index (χ1v) is 9.28. The Labute approximate surface area is 145 Å². The molecule has 1 N–H and O–H groups in total. The molecule has 1 saturated heterocycles. The Morgan fingerprint density at radius 2 is 2.08 bits per heavy atom. The molecular formula is C17H22N2O4S. The number of thioether (sulfide) groups is 1. The van der Waals surface area contributed by atoms with Crippen LogP contribution in [0.25, 0.3) is 0 Å². The monoisotopic (exact) mass is 350 g/mol. The number of rotatable bonds is 5. The quantitative estimate of drug-likeness (QED) is 0.881. The zero-order valence-electron chi connectivity index (χ0n) is 13.9. The first kappa shape index (κ1) is 17.0. The van der Waals surface area contributed by atoms with E-state index < -0.39 is 0 Å². The van der Waals surface area contributed by atoms with Gasteiger partial charge in [-0.25, -0.2) is 0 Å². The van der Waals surface area contributed by atoms with E-state index >= 15 is 0 Å². The van der Waals surface area contributed by atoms with E-state index in [1.165, 1.54) is 0 Å². The zero-order chi connectivity index (χ0) is 17.1. The molecular weight excluding hydrogens is 328 g/mol. The molecule has 0 saturated carbocycles. The summed E-state index contributed by atoms with van der Waals surface area (Å²) in [4.78, 5) is 26.5. The van der Waals surface area contributed by atoms with E-state index in [1.807, 2.05) is 32.0 Å². The summed E-state index contributed by atoms with van der Waals surface area (Å²) in [5.41, 5.74) is 0.943. The summed E-state index contributed by atoms with van der Waals surface area (Å²) < 4.78 is 10.6. The van der Waals surface area contributed by atoms with E-state index in [0.717, 1.165) is 17.7 Å². The summed E-state index contributed by atoms with van der Waals surface area (Å²) in [6.45, 7) is 4.51. The van der Waals surface area contributed by atoms with Crippen LogP contribution in [0.1, 0.15) is 32.3 Å². The molecule has 7 heteroatoms. The Morgan fingerprint density at radius 3 is 2.83 bits per heavy atom. The molecule has 130 valence electrons. The normalized spacial score (nSPS) is 21.8. The Balaban J connectivity index is 1.63. The maximum absolute atomic E-state index is 12.6. The van der Waals surface area contributed by atoms with Crippen molar-refractivity contribution in [3.8, 4) is 11.5 Å². The van der Waals surface area contributed by atoms with Gasteiger partial charge in [-0.2, -0.15) is 0 Å². The molecule has 6 nitrogen and oxygen atoms in total. The van der Waals surface area contributed by atoms with Crippen molar-refractivity contribution in [1.82, 2.24) is 10.2 Å². The van der Waals surface area contributed by atoms with Crippen LogP contribution in [0.5, 0.6) is 11.5 Å². The molecule has 3 rings (SSSR count). The second-order valence-corrected chi connectivity index (χ2v) is 6.98. The fourth-order valence-electron chi connectivity index (χ4n) is 2.95. The molecule has 2 aliphatic rings. The molecule has 1 fully saturated rings. The van der Waals surface area contributed by atoms with Crippen molar-refractivity contribution < 1.29 is 19.1 Å². The van der Waals surface area contributed by atoms with Gasteiger partial charge in [0, 0.05) is 18.7 Å². The Kier molecular flexibility index (Phi) is 5.18. The predicted molar refractivity (Wildman–Crippen MR) is 91.9 cm³/mol. The number of hydrogen-bond donors (Lipinski definition) is 1. The highest BCUT2D eigenvalue weighted by molar-refractivity contribution is 8.00. The molecule has 2 atom stereocenters. The van der Waals surface area contributed by atoms with Crippen molar-refractivity contribution >= 4 is 23.6 Å². The average molecular weight is 350 g/mol. The highest BCUT2D eigenvalue weighted by atomic mass is 32.2. The number of fused-ring (bicyclic) bond motifs is 1. The van der Waals surface area contributed by atoms with Crippen molar-refractivity contribution in [2.24, 2.45) is 0 Å². The Morgan fingerprint density at radius 1 is 1.29 bits per heavy atom. The van der Waals surface area contributed by atoms with Crippen molar-refractivity contribution in [3.05, 3.63) is 23.8 Å². The Hall–Kier alpha value is -1.89. The number of hydrogen-bond acceptors (Lipinski definition) is 5. The fraction of sp³-hybridized carbons (Fsp3) is 0.529. The molecule has 2 aliphatic heterocycles. The van der Waals surface area contributed by atoms with Gasteiger partial charge in [-0.1, -0.05) is 19.9 Å². The summed E-state index contributed by atoms with van der Waals surface area (Å²) in [5, 5.41) is 3.04. The lowest BCUT2D eigenvalue weighted by molar-refractivity contribution is -0.139. The molecule has 0 aliphatic carbocycles. The third kappa shape index (κ3) is 3.31. The standard InChI is InChI=1S/C17H22N2O4S/c1-3-15(20)19-12(9-24-16(19)4-2)17(21)18-8-11-5-6-13-14(7-11)23-10-22-13/h5-7,12,16H,3-4,8-10H2,1-2H3,(H,18,21). The number of ether oxygens (including phenoxy) is 2. The van der Waals surface area contributed by atoms with Crippen LogP contribution in [0.3, 0.4) is 0 Å². The van der Waals surface area contributed by atoms with E-state index in [4.69, 9.17) is 9.47 Å². The topological polar surface area (TPSA) is 67.9 Å². The SMILES string of the molecule is CCC(=O)N1C(CC)SCC1C(=O)NCc1ccc2c(c1)OCO2. The van der Waals surface area contributed by atoms with E-state index in [2.05, 4.69) is 5.32 Å². The maximum Gasteiger partial charge on any atom is 0.243 e. The molecule has 2 amide bonds. The van der Waals surface area contributed by atoms with Gasteiger partial charge in [-0.3, -0.25) is 9.59 Å². The third-order valence-electron chi connectivity index (χ3n) is 4.24. The van der Waals surface area contributed by atoms with Gasteiger partial charge >= 0.3 is 0 Å². The number of carbonyl (C=O) groups is 2. The predicted octanol–water partition coefficient (Wildman–Crippen LogP) is 2.12. The summed E-state index contributed by atoms with van der Waals surface area (Å²) in [7, 11) is 0. The minimum atomic E-state index is -0.388. The fourth-order valence-corrected chi connectivity index (χ4v) is 4.33. The maximum atomic E-state index is 12.6. The van der Waals surface area contributed by atoms with Crippen LogP contribution >= 0.6 is 11.8 Å². The second kappa shape index (κ2) is 7.34. The molecule has 24 heavy (non-hydrogen) atoms. The second-order valence-electron chi connectivity index (χ2n) is 5.77. The van der Waals surface area contributed by atoms with Crippen molar-refractivity contribution in [3.63, 3.8) is 0 Å². The molecule has 0 bridgehead atoms. The number of amides is 2. The van der Waals surface area contributed by atoms with Crippen LogP contribution in [0, 0.1) is 0 Å². The van der Waals surface area contributed by atoms with Crippen LogP contribution in [-0.4, -0.2) is 40.7 Å². The first-order valence-electron chi connectivity index (χ1n) is 8.23. The van der Waals surface area contributed by atoms with Gasteiger partial charge in [0.25, 0.3) is 0 Å². The van der Waals surface area contributed by atoms with Crippen molar-refractivity contribution in [2.45, 2.75) is 44.6 Å². The van der Waals surface area contributed by atoms with Gasteiger partial charge in [-0.15, -0.1) is 11.8 Å². The molecule has 2 heterocycles. The highest BCUT2D eigenvalue weighted by Gasteiger charge is 2.39. The first-order chi connectivity index (χ1) is 11.6. The number of nitrogens with zero attached hydrogens (tertiary/aromatic N) is 1. The van der Waals surface area contributed by atoms with Crippen molar-refractivity contribution in [2.75, 3.05) is 12.5 Å². The van der Waals surface area contributed by atoms with E-state index in [1.54, 1.807) is 16.7 Å². The average Bonchev–Trinajstić information content (AvgIpc) is 3.24. The van der Waals surface area contributed by atoms with Gasteiger partial charge < -0.3 is 19.7 Å². The van der Waals surface area contributed by atoms with Crippen LogP contribution in [0.15, 0.2) is 18.2 Å². The molecule has 0 aromatic heterocycles. The molecule has 0 radical (unpaired) electrons.